The van der Waals surface area contributed by atoms with Gasteiger partial charge in [0.1, 0.15) is 0 Å². The molecule has 2 aromatic carbocycles. The molecule has 0 N–H and O–H groups in total. The molecule has 7 nitrogen and oxygen atoms in total. The van der Waals surface area contributed by atoms with Crippen LogP contribution in [0, 0.1) is 6.92 Å². The molecule has 148 valence electrons. The SMILES string of the molecule is Cc1ccc(S(=O)(=O)CCC(=O)OCCCn2c(=O)oc3ccccc32)cc1. The molecule has 0 saturated carbocycles. The van der Waals surface area contributed by atoms with Gasteiger partial charge in [0.25, 0.3) is 0 Å². The van der Waals surface area contributed by atoms with Crippen LogP contribution >= 0.6 is 0 Å². The molecule has 0 radical (unpaired) electrons. The maximum atomic E-state index is 12.2. The summed E-state index contributed by atoms with van der Waals surface area (Å²) < 4.78 is 36.2. The lowest BCUT2D eigenvalue weighted by Crippen LogP contribution is -2.17. The maximum Gasteiger partial charge on any atom is 0.419 e. The molecule has 0 saturated heterocycles. The lowest BCUT2D eigenvalue weighted by Gasteiger charge is -2.07. The number of aromatic nitrogens is 1. The molecule has 1 aromatic heterocycles. The zero-order valence-electron chi connectivity index (χ0n) is 15.5. The van der Waals surface area contributed by atoms with Crippen molar-refractivity contribution in [3.63, 3.8) is 0 Å². The van der Waals surface area contributed by atoms with Crippen molar-refractivity contribution in [3.05, 3.63) is 64.6 Å². The number of oxazole rings is 1. The van der Waals surface area contributed by atoms with Crippen LogP contribution in [0.2, 0.25) is 0 Å². The van der Waals surface area contributed by atoms with E-state index in [2.05, 4.69) is 0 Å². The Hall–Kier alpha value is -2.87. The average molecular weight is 403 g/mol. The zero-order chi connectivity index (χ0) is 20.1. The Morgan fingerprint density at radius 3 is 2.57 bits per heavy atom. The standard InChI is InChI=1S/C20H21NO6S/c1-15-7-9-16(10-8-15)28(24,25)14-11-19(22)26-13-4-12-21-17-5-2-3-6-18(17)27-20(21)23/h2-3,5-10H,4,11-14H2,1H3. The van der Waals surface area contributed by atoms with E-state index in [0.717, 1.165) is 5.56 Å². The summed E-state index contributed by atoms with van der Waals surface area (Å²) in [6.07, 6.45) is 0.199. The van der Waals surface area contributed by atoms with Gasteiger partial charge in [-0.1, -0.05) is 29.8 Å². The van der Waals surface area contributed by atoms with E-state index in [0.29, 0.717) is 24.1 Å². The fourth-order valence-electron chi connectivity index (χ4n) is 2.79. The largest absolute Gasteiger partial charge is 0.466 e. The molecule has 3 aromatic rings. The highest BCUT2D eigenvalue weighted by atomic mass is 32.2. The van der Waals surface area contributed by atoms with E-state index >= 15 is 0 Å². The van der Waals surface area contributed by atoms with Crippen LogP contribution in [0.5, 0.6) is 0 Å². The Kier molecular flexibility index (Phi) is 5.99. The molecule has 8 heteroatoms. The summed E-state index contributed by atoms with van der Waals surface area (Å²) in [7, 11) is -3.53. The monoisotopic (exact) mass is 403 g/mol. The molecule has 0 aliphatic heterocycles. The summed E-state index contributed by atoms with van der Waals surface area (Å²) in [5.74, 6) is -1.35. The lowest BCUT2D eigenvalue weighted by atomic mass is 10.2. The third kappa shape index (κ3) is 4.69. The first-order valence-corrected chi connectivity index (χ1v) is 10.6. The second-order valence-electron chi connectivity index (χ2n) is 6.44. The van der Waals surface area contributed by atoms with Crippen molar-refractivity contribution in [2.24, 2.45) is 0 Å². The molecule has 0 atom stereocenters. The van der Waals surface area contributed by atoms with Crippen molar-refractivity contribution in [2.75, 3.05) is 12.4 Å². The first-order chi connectivity index (χ1) is 13.4. The summed E-state index contributed by atoms with van der Waals surface area (Å²) in [6.45, 7) is 2.30. The molecule has 1 heterocycles. The van der Waals surface area contributed by atoms with E-state index < -0.39 is 21.6 Å². The molecule has 0 bridgehead atoms. The van der Waals surface area contributed by atoms with Gasteiger partial charge < -0.3 is 9.15 Å². The maximum absolute atomic E-state index is 12.2. The number of esters is 1. The normalized spacial score (nSPS) is 11.6. The molecule has 0 spiro atoms. The Bertz CT molecular complexity index is 1130. The Morgan fingerprint density at radius 2 is 1.82 bits per heavy atom. The summed E-state index contributed by atoms with van der Waals surface area (Å²) in [4.78, 5) is 23.9. The third-order valence-electron chi connectivity index (χ3n) is 4.32. The quantitative estimate of drug-likeness (QED) is 0.424. The Morgan fingerprint density at radius 1 is 1.11 bits per heavy atom. The van der Waals surface area contributed by atoms with Gasteiger partial charge in [-0.2, -0.15) is 0 Å². The van der Waals surface area contributed by atoms with Crippen LogP contribution in [-0.4, -0.2) is 31.3 Å². The molecule has 0 fully saturated rings. The van der Waals surface area contributed by atoms with Crippen molar-refractivity contribution in [3.8, 4) is 0 Å². The highest BCUT2D eigenvalue weighted by molar-refractivity contribution is 7.91. The van der Waals surface area contributed by atoms with E-state index in [1.807, 2.05) is 13.0 Å². The number of hydrogen-bond acceptors (Lipinski definition) is 6. The minimum atomic E-state index is -3.53. The molecular weight excluding hydrogens is 382 g/mol. The number of nitrogens with zero attached hydrogens (tertiary/aromatic N) is 1. The second kappa shape index (κ2) is 8.43. The Balaban J connectivity index is 1.46. The number of ether oxygens (including phenoxy) is 1. The predicted molar refractivity (Wildman–Crippen MR) is 104 cm³/mol. The highest BCUT2D eigenvalue weighted by Gasteiger charge is 2.17. The van der Waals surface area contributed by atoms with Crippen LogP contribution < -0.4 is 5.76 Å². The number of carbonyl (C=O) groups excluding carboxylic acids is 1. The number of aryl methyl sites for hydroxylation is 2. The van der Waals surface area contributed by atoms with Gasteiger partial charge in [-0.25, -0.2) is 13.2 Å². The van der Waals surface area contributed by atoms with Gasteiger partial charge in [-0.15, -0.1) is 0 Å². The van der Waals surface area contributed by atoms with E-state index in [9.17, 15) is 18.0 Å². The van der Waals surface area contributed by atoms with Crippen LogP contribution in [0.15, 0.2) is 62.6 Å². The van der Waals surface area contributed by atoms with Gasteiger partial charge in [0.15, 0.2) is 15.4 Å². The van der Waals surface area contributed by atoms with Crippen LogP contribution in [-0.2, 0) is 25.9 Å². The molecule has 0 aliphatic rings. The molecular formula is C20H21NO6S. The number of rotatable bonds is 8. The van der Waals surface area contributed by atoms with Crippen molar-refractivity contribution < 1.29 is 22.4 Å². The van der Waals surface area contributed by atoms with Gasteiger partial charge in [-0.3, -0.25) is 9.36 Å². The molecule has 0 unspecified atom stereocenters. The van der Waals surface area contributed by atoms with Crippen LogP contribution in [0.4, 0.5) is 0 Å². The second-order valence-corrected chi connectivity index (χ2v) is 8.55. The molecule has 28 heavy (non-hydrogen) atoms. The van der Waals surface area contributed by atoms with Gasteiger partial charge in [-0.05, 0) is 37.6 Å². The van der Waals surface area contributed by atoms with Crippen molar-refractivity contribution >= 4 is 26.9 Å². The molecule has 0 aliphatic carbocycles. The van der Waals surface area contributed by atoms with Gasteiger partial charge in [0.05, 0.1) is 29.2 Å². The lowest BCUT2D eigenvalue weighted by molar-refractivity contribution is -0.143. The number of para-hydroxylation sites is 2. The topological polar surface area (TPSA) is 95.6 Å². The predicted octanol–water partition coefficient (Wildman–Crippen LogP) is 2.70. The Labute approximate surface area is 162 Å². The van der Waals surface area contributed by atoms with Crippen molar-refractivity contribution in [2.45, 2.75) is 31.2 Å². The number of fused-ring (bicyclic) bond motifs is 1. The average Bonchev–Trinajstić information content (AvgIpc) is 2.99. The summed E-state index contributed by atoms with van der Waals surface area (Å²) in [6, 6.07) is 13.6. The number of carbonyl (C=O) groups is 1. The minimum Gasteiger partial charge on any atom is -0.466 e. The van der Waals surface area contributed by atoms with E-state index in [-0.39, 0.29) is 23.7 Å². The fourth-order valence-corrected chi connectivity index (χ4v) is 4.01. The highest BCUT2D eigenvalue weighted by Crippen LogP contribution is 2.14. The van der Waals surface area contributed by atoms with Crippen molar-refractivity contribution in [1.82, 2.24) is 4.57 Å². The zero-order valence-corrected chi connectivity index (χ0v) is 16.3. The number of sulfone groups is 1. The smallest absolute Gasteiger partial charge is 0.419 e. The summed E-state index contributed by atoms with van der Waals surface area (Å²) in [5.41, 5.74) is 2.15. The van der Waals surface area contributed by atoms with Gasteiger partial charge >= 0.3 is 11.7 Å². The van der Waals surface area contributed by atoms with E-state index in [1.165, 1.54) is 16.7 Å². The summed E-state index contributed by atoms with van der Waals surface area (Å²) in [5, 5.41) is 0. The third-order valence-corrected chi connectivity index (χ3v) is 6.05. The minimum absolute atomic E-state index is 0.0926. The summed E-state index contributed by atoms with van der Waals surface area (Å²) >= 11 is 0. The van der Waals surface area contributed by atoms with Crippen LogP contribution in [0.25, 0.3) is 11.1 Å². The fraction of sp³-hybridized carbons (Fsp3) is 0.300. The van der Waals surface area contributed by atoms with Gasteiger partial charge in [0, 0.05) is 6.54 Å². The molecule has 0 amide bonds. The first kappa shape index (κ1) is 19.9. The van der Waals surface area contributed by atoms with Gasteiger partial charge in [0.2, 0.25) is 0 Å². The van der Waals surface area contributed by atoms with Crippen LogP contribution in [0.3, 0.4) is 0 Å². The van der Waals surface area contributed by atoms with E-state index in [1.54, 1.807) is 30.3 Å². The first-order valence-electron chi connectivity index (χ1n) is 8.90. The van der Waals surface area contributed by atoms with Crippen molar-refractivity contribution in [1.29, 1.82) is 0 Å². The van der Waals surface area contributed by atoms with E-state index in [4.69, 9.17) is 9.15 Å². The molecule has 3 rings (SSSR count). The van der Waals surface area contributed by atoms with Crippen LogP contribution in [0.1, 0.15) is 18.4 Å². The number of hydrogen-bond donors (Lipinski definition) is 0. The number of benzene rings is 2.